The molecule has 0 saturated carbocycles. The molecule has 1 fully saturated rings. The van der Waals surface area contributed by atoms with Crippen molar-refractivity contribution in [1.29, 1.82) is 0 Å². The number of hydrogen-bond donors (Lipinski definition) is 0. The number of carbonyl (C=O) groups excluding carboxylic acids is 1. The average molecular weight is 700 g/mol. The maximum atomic E-state index is 13.4. The van der Waals surface area contributed by atoms with Crippen LogP contribution in [0.25, 0.3) is 0 Å². The Kier molecular flexibility index (Phi) is 11.9. The number of likely N-dealkylation sites (N-methyl/N-ethyl adjacent to an activating group) is 1. The van der Waals surface area contributed by atoms with Crippen LogP contribution >= 0.6 is 31.7 Å². The van der Waals surface area contributed by atoms with Crippen molar-refractivity contribution in [3.8, 4) is 5.75 Å². The van der Waals surface area contributed by atoms with Gasteiger partial charge in [-0.25, -0.2) is 0 Å². The molecule has 5 nitrogen and oxygen atoms in total. The van der Waals surface area contributed by atoms with E-state index in [0.717, 1.165) is 77.5 Å². The second-order valence-corrected chi connectivity index (χ2v) is 16.2. The molecule has 1 saturated heterocycles. The molecule has 0 aromatic heterocycles. The third kappa shape index (κ3) is 9.12. The Morgan fingerprint density at radius 1 is 0.881 bits per heavy atom. The van der Waals surface area contributed by atoms with Crippen LogP contribution < -0.4 is 4.74 Å². The van der Waals surface area contributed by atoms with Crippen LogP contribution in [0.1, 0.15) is 59.2 Å². The molecule has 224 valence electrons. The van der Waals surface area contributed by atoms with Crippen molar-refractivity contribution in [3.63, 3.8) is 0 Å². The SMILES string of the molecule is CN(CCc1ccc(OCCCN2CCCCCC2)cc1)CCI1N=C(Cc2ccc(Cl)cc2)c2ccccc2C1=O. The topological polar surface area (TPSA) is 45.1 Å². The molecule has 0 bridgehead atoms. The Labute approximate surface area is 264 Å². The van der Waals surface area contributed by atoms with E-state index < -0.39 is 20.1 Å². The Morgan fingerprint density at radius 3 is 2.31 bits per heavy atom. The van der Waals surface area contributed by atoms with Crippen LogP contribution in [0.15, 0.2) is 76.0 Å². The molecular weight excluding hydrogens is 657 g/mol. The van der Waals surface area contributed by atoms with Gasteiger partial charge in [0.15, 0.2) is 0 Å². The molecular formula is C35H43ClIN3O2. The van der Waals surface area contributed by atoms with Gasteiger partial charge in [-0.2, -0.15) is 0 Å². The van der Waals surface area contributed by atoms with Gasteiger partial charge in [-0.1, -0.05) is 12.8 Å². The van der Waals surface area contributed by atoms with E-state index in [9.17, 15) is 4.79 Å². The Balaban J connectivity index is 1.07. The van der Waals surface area contributed by atoms with Crippen molar-refractivity contribution in [2.75, 3.05) is 50.8 Å². The summed E-state index contributed by atoms with van der Waals surface area (Å²) in [5.74, 6) is 0.957. The Morgan fingerprint density at radius 2 is 1.57 bits per heavy atom. The van der Waals surface area contributed by atoms with E-state index in [2.05, 4.69) is 41.1 Å². The summed E-state index contributed by atoms with van der Waals surface area (Å²) in [6.07, 6.45) is 8.23. The molecule has 2 aliphatic rings. The fraction of sp³-hybridized carbons (Fsp3) is 0.429. The number of rotatable bonds is 13. The second kappa shape index (κ2) is 16.0. The van der Waals surface area contributed by atoms with E-state index in [-0.39, 0.29) is 3.79 Å². The molecule has 3 aromatic rings. The quantitative estimate of drug-likeness (QED) is 0.0792. The monoisotopic (exact) mass is 699 g/mol. The van der Waals surface area contributed by atoms with E-state index >= 15 is 0 Å². The van der Waals surface area contributed by atoms with Gasteiger partial charge >= 0.3 is 215 Å². The molecule has 0 spiro atoms. The third-order valence-electron chi connectivity index (χ3n) is 8.07. The van der Waals surface area contributed by atoms with Crippen molar-refractivity contribution in [3.05, 3.63) is 100 Å². The summed E-state index contributed by atoms with van der Waals surface area (Å²) in [5, 5.41) is 0.731. The fourth-order valence-corrected chi connectivity index (χ4v) is 10.2. The van der Waals surface area contributed by atoms with Gasteiger partial charge in [0.2, 0.25) is 0 Å². The van der Waals surface area contributed by atoms with Crippen LogP contribution in [-0.4, -0.2) is 70.1 Å². The number of likely N-dealkylation sites (tertiary alicyclic amines) is 1. The molecule has 0 aliphatic carbocycles. The van der Waals surface area contributed by atoms with Crippen molar-refractivity contribution in [2.45, 2.75) is 44.9 Å². The first kappa shape index (κ1) is 31.2. The van der Waals surface area contributed by atoms with Crippen LogP contribution in [-0.2, 0) is 12.8 Å². The van der Waals surface area contributed by atoms with Gasteiger partial charge in [0, 0.05) is 6.54 Å². The zero-order valence-corrected chi connectivity index (χ0v) is 27.7. The number of halogens is 2. The van der Waals surface area contributed by atoms with E-state index in [1.165, 1.54) is 49.9 Å². The zero-order valence-electron chi connectivity index (χ0n) is 24.7. The standard InChI is InChI=1S/C35H43ClIN3O2/c1-39(24-19-28-13-17-31(18-14-28)42-26-8-23-40-21-6-2-3-7-22-40)25-20-37-35(41)33-10-5-4-9-32(33)34(38-37)27-29-11-15-30(36)16-12-29/h4-5,9-18H,2-3,6-8,19-27H2,1H3. The first-order valence-corrected chi connectivity index (χ1v) is 19.2. The minimum atomic E-state index is -2.20. The fourth-order valence-electron chi connectivity index (χ4n) is 5.53. The third-order valence-corrected chi connectivity index (χ3v) is 12.7. The molecule has 0 N–H and O–H groups in total. The number of alkyl halides is 1. The van der Waals surface area contributed by atoms with Gasteiger partial charge in [0.05, 0.1) is 0 Å². The molecule has 0 atom stereocenters. The van der Waals surface area contributed by atoms with Crippen LogP contribution in [0.3, 0.4) is 0 Å². The number of ether oxygens (including phenoxy) is 1. The summed E-state index contributed by atoms with van der Waals surface area (Å²) >= 11 is 3.89. The normalized spacial score (nSPS) is 16.7. The van der Waals surface area contributed by atoms with E-state index in [1.807, 2.05) is 48.5 Å². The van der Waals surface area contributed by atoms with Crippen molar-refractivity contribution >= 4 is 41.2 Å². The molecule has 0 radical (unpaired) electrons. The summed E-state index contributed by atoms with van der Waals surface area (Å²) in [6, 6.07) is 24.5. The summed E-state index contributed by atoms with van der Waals surface area (Å²) in [6.45, 7) is 6.24. The van der Waals surface area contributed by atoms with Crippen LogP contribution in [0, 0.1) is 0 Å². The van der Waals surface area contributed by atoms with Gasteiger partial charge in [-0.05, 0) is 25.9 Å². The predicted octanol–water partition coefficient (Wildman–Crippen LogP) is 7.77. The molecule has 42 heavy (non-hydrogen) atoms. The van der Waals surface area contributed by atoms with Gasteiger partial charge in [0.25, 0.3) is 0 Å². The van der Waals surface area contributed by atoms with Gasteiger partial charge in [-0.3, -0.25) is 0 Å². The van der Waals surface area contributed by atoms with E-state index in [1.54, 1.807) is 0 Å². The van der Waals surface area contributed by atoms with Crippen molar-refractivity contribution in [2.24, 2.45) is 3.21 Å². The number of carbonyl (C=O) groups is 1. The number of benzene rings is 3. The summed E-state index contributed by atoms with van der Waals surface area (Å²) in [4.78, 5) is 18.3. The zero-order chi connectivity index (χ0) is 29.1. The van der Waals surface area contributed by atoms with Crippen LogP contribution in [0.2, 0.25) is 5.02 Å². The molecule has 2 aliphatic heterocycles. The summed E-state index contributed by atoms with van der Waals surface area (Å²) < 4.78 is 12.3. The maximum absolute atomic E-state index is 13.4. The molecule has 2 heterocycles. The van der Waals surface area contributed by atoms with Crippen LogP contribution in [0.5, 0.6) is 5.75 Å². The first-order chi connectivity index (χ1) is 20.5. The Bertz CT molecular complexity index is 1320. The molecule has 0 unspecified atom stereocenters. The van der Waals surface area contributed by atoms with E-state index in [0.29, 0.717) is 0 Å². The molecule has 3 aromatic carbocycles. The number of hydrogen-bond acceptors (Lipinski definition) is 5. The average Bonchev–Trinajstić information content (AvgIpc) is 3.30. The Hall–Kier alpha value is -2.26. The van der Waals surface area contributed by atoms with Crippen LogP contribution in [0.4, 0.5) is 0 Å². The minimum absolute atomic E-state index is 0.282. The molecule has 0 amide bonds. The molecule has 5 rings (SSSR count). The molecule has 7 heteroatoms. The van der Waals surface area contributed by atoms with Gasteiger partial charge in [0.1, 0.15) is 0 Å². The van der Waals surface area contributed by atoms with Crippen molar-refractivity contribution in [1.82, 2.24) is 9.80 Å². The van der Waals surface area contributed by atoms with Gasteiger partial charge in [-0.15, -0.1) is 0 Å². The summed E-state index contributed by atoms with van der Waals surface area (Å²) in [5.41, 5.74) is 5.37. The van der Waals surface area contributed by atoms with Crippen molar-refractivity contribution < 1.29 is 9.53 Å². The number of nitrogens with zero attached hydrogens (tertiary/aromatic N) is 3. The predicted molar refractivity (Wildman–Crippen MR) is 184 cm³/mol. The van der Waals surface area contributed by atoms with E-state index in [4.69, 9.17) is 19.5 Å². The first-order valence-electron chi connectivity index (χ1n) is 15.3. The summed E-state index contributed by atoms with van der Waals surface area (Å²) in [7, 11) is 2.15. The second-order valence-electron chi connectivity index (χ2n) is 11.3. The van der Waals surface area contributed by atoms with Gasteiger partial charge < -0.3 is 4.90 Å². The number of fused-ring (bicyclic) bond motifs is 1.